The molecule has 3 aromatic rings. The molecule has 0 unspecified atom stereocenters. The van der Waals surface area contributed by atoms with Gasteiger partial charge in [0.25, 0.3) is 11.8 Å². The molecule has 1 N–H and O–H groups in total. The molecule has 0 atom stereocenters. The van der Waals surface area contributed by atoms with Crippen LogP contribution in [0.3, 0.4) is 0 Å². The summed E-state index contributed by atoms with van der Waals surface area (Å²) >= 11 is 0. The third kappa shape index (κ3) is 4.13. The van der Waals surface area contributed by atoms with Gasteiger partial charge in [-0.15, -0.1) is 0 Å². The highest BCUT2D eigenvalue weighted by molar-refractivity contribution is 6.12. The van der Waals surface area contributed by atoms with Gasteiger partial charge in [0, 0.05) is 30.7 Å². The largest absolute Gasteiger partial charge is 0.408 e. The molecule has 4 heterocycles. The van der Waals surface area contributed by atoms with E-state index in [9.17, 15) is 22.8 Å². The van der Waals surface area contributed by atoms with Crippen molar-refractivity contribution >= 4 is 17.5 Å². The minimum absolute atomic E-state index is 0.248. The highest BCUT2D eigenvalue weighted by atomic mass is 19.4. The summed E-state index contributed by atoms with van der Waals surface area (Å²) in [5, 5.41) is 6.50. The van der Waals surface area contributed by atoms with Crippen LogP contribution >= 0.6 is 0 Å². The molecule has 0 fully saturated rings. The minimum atomic E-state index is -4.43. The van der Waals surface area contributed by atoms with Gasteiger partial charge in [-0.3, -0.25) is 24.2 Å². The van der Waals surface area contributed by atoms with E-state index < -0.39 is 18.3 Å². The lowest BCUT2D eigenvalue weighted by atomic mass is 9.96. The van der Waals surface area contributed by atoms with Gasteiger partial charge in [-0.1, -0.05) is 0 Å². The van der Waals surface area contributed by atoms with Crippen molar-refractivity contribution in [2.75, 3.05) is 11.4 Å². The zero-order valence-electron chi connectivity index (χ0n) is 19.1. The quantitative estimate of drug-likeness (QED) is 0.609. The number of halogens is 3. The van der Waals surface area contributed by atoms with Gasteiger partial charge in [-0.05, 0) is 45.4 Å². The number of amides is 2. The Balaban J connectivity index is 1.74. The van der Waals surface area contributed by atoms with Crippen molar-refractivity contribution < 1.29 is 22.8 Å². The van der Waals surface area contributed by atoms with Gasteiger partial charge < -0.3 is 5.32 Å². The van der Waals surface area contributed by atoms with Gasteiger partial charge in [0.15, 0.2) is 0 Å². The smallest absolute Gasteiger partial charge is 0.352 e. The summed E-state index contributed by atoms with van der Waals surface area (Å²) < 4.78 is 39.1. The molecule has 178 valence electrons. The summed E-state index contributed by atoms with van der Waals surface area (Å²) in [5.74, 6) is -0.621. The number of hydrogen-bond donors (Lipinski definition) is 1. The Morgan fingerprint density at radius 3 is 2.59 bits per heavy atom. The maximum atomic E-state index is 13.4. The van der Waals surface area contributed by atoms with Crippen molar-refractivity contribution in [1.82, 2.24) is 25.1 Å². The first kappa shape index (κ1) is 23.4. The van der Waals surface area contributed by atoms with Crippen molar-refractivity contribution in [2.24, 2.45) is 0 Å². The molecule has 34 heavy (non-hydrogen) atoms. The lowest BCUT2D eigenvalue weighted by Crippen LogP contribution is -2.39. The molecule has 0 saturated carbocycles. The number of hydrogen-bond acceptors (Lipinski definition) is 5. The molecular formula is C23H23F3N6O2. The molecule has 0 radical (unpaired) electrons. The summed E-state index contributed by atoms with van der Waals surface area (Å²) in [6, 6.07) is 3.41. The van der Waals surface area contributed by atoms with Crippen LogP contribution in [0.2, 0.25) is 0 Å². The van der Waals surface area contributed by atoms with E-state index in [1.807, 2.05) is 6.92 Å². The van der Waals surface area contributed by atoms with Crippen LogP contribution in [-0.4, -0.2) is 44.3 Å². The first-order chi connectivity index (χ1) is 15.9. The maximum absolute atomic E-state index is 13.4. The number of carbonyl (C=O) groups is 2. The van der Waals surface area contributed by atoms with E-state index in [2.05, 4.69) is 15.4 Å². The topological polar surface area (TPSA) is 93.0 Å². The molecule has 0 saturated heterocycles. The van der Waals surface area contributed by atoms with Crippen LogP contribution in [0, 0.1) is 6.92 Å². The summed E-state index contributed by atoms with van der Waals surface area (Å²) in [5.41, 5.74) is 2.35. The predicted octanol–water partition coefficient (Wildman–Crippen LogP) is 3.86. The van der Waals surface area contributed by atoms with E-state index >= 15 is 0 Å². The van der Waals surface area contributed by atoms with E-state index in [-0.39, 0.29) is 17.5 Å². The summed E-state index contributed by atoms with van der Waals surface area (Å²) in [6.07, 6.45) is 1.06. The fourth-order valence-electron chi connectivity index (χ4n) is 4.15. The van der Waals surface area contributed by atoms with Gasteiger partial charge in [0.2, 0.25) is 0 Å². The van der Waals surface area contributed by atoms with Crippen LogP contribution in [0.4, 0.5) is 18.9 Å². The van der Waals surface area contributed by atoms with E-state index in [1.165, 1.54) is 23.5 Å². The number of nitrogens with zero attached hydrogens (tertiary/aromatic N) is 5. The molecule has 0 bridgehead atoms. The molecule has 0 aromatic carbocycles. The van der Waals surface area contributed by atoms with Gasteiger partial charge >= 0.3 is 6.18 Å². The van der Waals surface area contributed by atoms with Crippen LogP contribution in [0.25, 0.3) is 11.3 Å². The van der Waals surface area contributed by atoms with Gasteiger partial charge in [-0.2, -0.15) is 18.3 Å². The molecule has 4 rings (SSSR count). The predicted molar refractivity (Wildman–Crippen MR) is 118 cm³/mol. The zero-order valence-corrected chi connectivity index (χ0v) is 19.1. The van der Waals surface area contributed by atoms with E-state index in [0.29, 0.717) is 40.2 Å². The van der Waals surface area contributed by atoms with Crippen LogP contribution in [0.15, 0.2) is 36.9 Å². The second-order valence-electron chi connectivity index (χ2n) is 8.58. The molecule has 3 aromatic heterocycles. The van der Waals surface area contributed by atoms with Crippen LogP contribution in [0.1, 0.15) is 52.7 Å². The number of fused-ring (bicyclic) bond motifs is 1. The molecule has 2 amide bonds. The SMILES string of the molecule is CCNC(=O)c1cncc(-c2cc(C)c3c(n2)C(C)(C)N(c2cnn(CC(F)(F)F)c2)C3=O)c1. The molecule has 1 aliphatic heterocycles. The third-order valence-corrected chi connectivity index (χ3v) is 5.62. The average Bonchev–Trinajstić information content (AvgIpc) is 3.26. The van der Waals surface area contributed by atoms with Gasteiger partial charge in [-0.25, -0.2) is 4.98 Å². The number of anilines is 1. The van der Waals surface area contributed by atoms with E-state index in [1.54, 1.807) is 39.1 Å². The van der Waals surface area contributed by atoms with Crippen molar-refractivity contribution in [3.63, 3.8) is 0 Å². The van der Waals surface area contributed by atoms with Crippen LogP contribution in [0.5, 0.6) is 0 Å². The Morgan fingerprint density at radius 2 is 1.91 bits per heavy atom. The Labute approximate surface area is 193 Å². The number of nitrogens with one attached hydrogen (secondary N) is 1. The van der Waals surface area contributed by atoms with Gasteiger partial charge in [0.05, 0.1) is 39.9 Å². The first-order valence-corrected chi connectivity index (χ1v) is 10.6. The highest BCUT2D eigenvalue weighted by Crippen LogP contribution is 2.43. The zero-order chi connectivity index (χ0) is 24.8. The number of carbonyl (C=O) groups excluding carboxylic acids is 2. The number of aryl methyl sites for hydroxylation is 1. The van der Waals surface area contributed by atoms with E-state index in [4.69, 9.17) is 4.98 Å². The number of pyridine rings is 2. The molecule has 11 heteroatoms. The van der Waals surface area contributed by atoms with Crippen molar-refractivity contribution in [3.8, 4) is 11.3 Å². The standard InChI is InChI=1S/C23H23F3N6O2/c1-5-28-20(33)15-7-14(8-27-9-15)17-6-13(2)18-19(30-17)22(3,4)32(21(18)34)16-10-29-31(11-16)12-23(24,25)26/h6-11H,5,12H2,1-4H3,(H,28,33). The number of alkyl halides is 3. The Hall–Kier alpha value is -3.76. The van der Waals surface area contributed by atoms with Crippen molar-refractivity contribution in [3.05, 3.63) is 59.3 Å². The second kappa shape index (κ2) is 8.23. The highest BCUT2D eigenvalue weighted by Gasteiger charge is 2.47. The molecular weight excluding hydrogens is 449 g/mol. The Bertz CT molecular complexity index is 1280. The lowest BCUT2D eigenvalue weighted by molar-refractivity contribution is -0.142. The summed E-state index contributed by atoms with van der Waals surface area (Å²) in [4.78, 5) is 35.9. The normalized spacial score (nSPS) is 14.9. The average molecular weight is 472 g/mol. The molecule has 8 nitrogen and oxygen atoms in total. The molecule has 0 spiro atoms. The Morgan fingerprint density at radius 1 is 1.18 bits per heavy atom. The fourth-order valence-corrected chi connectivity index (χ4v) is 4.15. The second-order valence-corrected chi connectivity index (χ2v) is 8.58. The van der Waals surface area contributed by atoms with Gasteiger partial charge in [0.1, 0.15) is 6.54 Å². The van der Waals surface area contributed by atoms with Crippen LogP contribution in [-0.2, 0) is 12.1 Å². The first-order valence-electron chi connectivity index (χ1n) is 10.6. The molecule has 0 aliphatic carbocycles. The number of aromatic nitrogens is 4. The molecule has 1 aliphatic rings. The monoisotopic (exact) mass is 472 g/mol. The van der Waals surface area contributed by atoms with E-state index in [0.717, 1.165) is 4.68 Å². The fraction of sp³-hybridized carbons (Fsp3) is 0.348. The lowest BCUT2D eigenvalue weighted by Gasteiger charge is -2.30. The van der Waals surface area contributed by atoms with Crippen molar-refractivity contribution in [1.29, 1.82) is 0 Å². The minimum Gasteiger partial charge on any atom is -0.352 e. The third-order valence-electron chi connectivity index (χ3n) is 5.62. The summed E-state index contributed by atoms with van der Waals surface area (Å²) in [7, 11) is 0. The maximum Gasteiger partial charge on any atom is 0.408 e. The van der Waals surface area contributed by atoms with Crippen molar-refractivity contribution in [2.45, 2.75) is 46.0 Å². The number of rotatable bonds is 5. The Kier molecular flexibility index (Phi) is 5.66. The van der Waals surface area contributed by atoms with Crippen LogP contribution < -0.4 is 10.2 Å². The summed E-state index contributed by atoms with van der Waals surface area (Å²) in [6.45, 7) is 6.37.